The van der Waals surface area contributed by atoms with E-state index in [1.54, 1.807) is 11.9 Å². The lowest BCUT2D eigenvalue weighted by Gasteiger charge is -2.38. The summed E-state index contributed by atoms with van der Waals surface area (Å²) in [7, 11) is 1.70. The molecule has 0 aromatic rings. The number of nitrogens with zero attached hydrogens (tertiary/aromatic N) is 3. The Bertz CT molecular complexity index is 463. The molecule has 0 aromatic carbocycles. The molecule has 0 aromatic heterocycles. The van der Waals surface area contributed by atoms with Crippen LogP contribution in [0.1, 0.15) is 19.3 Å². The molecule has 8 heteroatoms. The molecule has 3 fully saturated rings. The maximum atomic E-state index is 12.6. The first-order valence-electron chi connectivity index (χ1n) is 9.22. The fourth-order valence-electron chi connectivity index (χ4n) is 3.62. The first kappa shape index (κ1) is 18.6. The normalized spacial score (nSPS) is 26.0. The van der Waals surface area contributed by atoms with Crippen molar-refractivity contribution in [1.29, 1.82) is 0 Å². The highest BCUT2D eigenvalue weighted by Gasteiger charge is 2.35. The Morgan fingerprint density at radius 3 is 2.48 bits per heavy atom. The van der Waals surface area contributed by atoms with Gasteiger partial charge in [-0.05, 0) is 19.4 Å². The fraction of sp³-hybridized carbons (Fsp3) is 0.882. The lowest BCUT2D eigenvalue weighted by Crippen LogP contribution is -2.52. The molecule has 1 atom stereocenters. The zero-order chi connectivity index (χ0) is 17.6. The number of morpholine rings is 1. The van der Waals surface area contributed by atoms with Gasteiger partial charge in [-0.2, -0.15) is 0 Å². The van der Waals surface area contributed by atoms with Crippen LogP contribution >= 0.6 is 0 Å². The molecule has 3 aliphatic heterocycles. The highest BCUT2D eigenvalue weighted by Crippen LogP contribution is 2.24. The van der Waals surface area contributed by atoms with Gasteiger partial charge in [-0.3, -0.25) is 14.5 Å². The molecule has 0 radical (unpaired) electrons. The topological polar surface area (TPSA) is 71.6 Å². The second-order valence-electron chi connectivity index (χ2n) is 6.89. The zero-order valence-electron chi connectivity index (χ0n) is 15.0. The summed E-state index contributed by atoms with van der Waals surface area (Å²) in [5, 5.41) is 0. The van der Waals surface area contributed by atoms with Gasteiger partial charge in [-0.25, -0.2) is 0 Å². The molecular weight excluding hydrogens is 326 g/mol. The molecule has 3 heterocycles. The summed E-state index contributed by atoms with van der Waals surface area (Å²) < 4.78 is 16.6. The summed E-state index contributed by atoms with van der Waals surface area (Å²) in [6, 6.07) is 0.128. The first-order valence-corrected chi connectivity index (χ1v) is 9.22. The SMILES string of the molecule is CN(CC(=O)N1CCOCC1)C(=O)CN1CCCCC1C1OCCO1. The van der Waals surface area contributed by atoms with Crippen LogP contribution in [0.2, 0.25) is 0 Å². The molecule has 0 spiro atoms. The van der Waals surface area contributed by atoms with Crippen molar-refractivity contribution in [3.63, 3.8) is 0 Å². The van der Waals surface area contributed by atoms with Crippen molar-refractivity contribution in [3.8, 4) is 0 Å². The third-order valence-electron chi connectivity index (χ3n) is 5.13. The van der Waals surface area contributed by atoms with E-state index in [0.29, 0.717) is 46.1 Å². The molecule has 0 N–H and O–H groups in total. The average molecular weight is 355 g/mol. The van der Waals surface area contributed by atoms with Crippen LogP contribution in [0.25, 0.3) is 0 Å². The monoisotopic (exact) mass is 355 g/mol. The minimum Gasteiger partial charge on any atom is -0.378 e. The Morgan fingerprint density at radius 1 is 1.04 bits per heavy atom. The van der Waals surface area contributed by atoms with Gasteiger partial charge < -0.3 is 24.0 Å². The number of ether oxygens (including phenoxy) is 3. The standard InChI is InChI=1S/C17H29N3O5/c1-18(12-16(22)19-6-8-23-9-7-19)15(21)13-20-5-3-2-4-14(20)17-24-10-11-25-17/h14,17H,2-13H2,1H3. The number of amides is 2. The zero-order valence-corrected chi connectivity index (χ0v) is 15.0. The third-order valence-corrected chi connectivity index (χ3v) is 5.13. The van der Waals surface area contributed by atoms with Gasteiger partial charge in [-0.15, -0.1) is 0 Å². The van der Waals surface area contributed by atoms with E-state index in [0.717, 1.165) is 25.8 Å². The van der Waals surface area contributed by atoms with Crippen LogP contribution in [-0.2, 0) is 23.8 Å². The quantitative estimate of drug-likeness (QED) is 0.664. The molecule has 2 amide bonds. The Hall–Kier alpha value is -1.22. The predicted octanol–water partition coefficient (Wildman–Crippen LogP) is -0.469. The first-order chi connectivity index (χ1) is 12.1. The van der Waals surface area contributed by atoms with Crippen molar-refractivity contribution in [1.82, 2.24) is 14.7 Å². The number of likely N-dealkylation sites (N-methyl/N-ethyl adjacent to an activating group) is 1. The summed E-state index contributed by atoms with van der Waals surface area (Å²) in [5.41, 5.74) is 0. The Morgan fingerprint density at radius 2 is 1.76 bits per heavy atom. The summed E-state index contributed by atoms with van der Waals surface area (Å²) in [5.74, 6) is -0.0525. The highest BCUT2D eigenvalue weighted by atomic mass is 16.7. The molecular formula is C17H29N3O5. The van der Waals surface area contributed by atoms with Gasteiger partial charge in [0.05, 0.1) is 45.6 Å². The van der Waals surface area contributed by atoms with E-state index in [1.165, 1.54) is 4.90 Å². The number of carbonyl (C=O) groups excluding carboxylic acids is 2. The summed E-state index contributed by atoms with van der Waals surface area (Å²) in [4.78, 5) is 30.3. The molecule has 0 bridgehead atoms. The lowest BCUT2D eigenvalue weighted by atomic mass is 10.0. The van der Waals surface area contributed by atoms with Crippen LogP contribution in [0.5, 0.6) is 0 Å². The number of carbonyl (C=O) groups is 2. The van der Waals surface area contributed by atoms with Crippen molar-refractivity contribution in [2.75, 3.05) is 66.2 Å². The van der Waals surface area contributed by atoms with Crippen molar-refractivity contribution < 1.29 is 23.8 Å². The summed E-state index contributed by atoms with van der Waals surface area (Å²) >= 11 is 0. The lowest BCUT2D eigenvalue weighted by molar-refractivity contribution is -0.145. The maximum Gasteiger partial charge on any atom is 0.242 e. The summed E-state index contributed by atoms with van der Waals surface area (Å²) in [6.45, 7) is 4.88. The predicted molar refractivity (Wildman–Crippen MR) is 89.9 cm³/mol. The molecule has 3 aliphatic rings. The van der Waals surface area contributed by atoms with Crippen molar-refractivity contribution >= 4 is 11.8 Å². The minimum atomic E-state index is -0.228. The summed E-state index contributed by atoms with van der Waals surface area (Å²) in [6.07, 6.45) is 2.96. The second kappa shape index (κ2) is 8.93. The van der Waals surface area contributed by atoms with Gasteiger partial charge in [0.1, 0.15) is 0 Å². The largest absolute Gasteiger partial charge is 0.378 e. The van der Waals surface area contributed by atoms with Crippen LogP contribution in [0.4, 0.5) is 0 Å². The highest BCUT2D eigenvalue weighted by molar-refractivity contribution is 5.85. The van der Waals surface area contributed by atoms with Gasteiger partial charge in [-0.1, -0.05) is 6.42 Å². The number of rotatable bonds is 5. The smallest absolute Gasteiger partial charge is 0.242 e. The van der Waals surface area contributed by atoms with Gasteiger partial charge in [0.2, 0.25) is 11.8 Å². The number of hydrogen-bond donors (Lipinski definition) is 0. The number of hydrogen-bond acceptors (Lipinski definition) is 6. The van der Waals surface area contributed by atoms with Crippen molar-refractivity contribution in [3.05, 3.63) is 0 Å². The Kier molecular flexibility index (Phi) is 6.63. The van der Waals surface area contributed by atoms with Crippen LogP contribution in [0.15, 0.2) is 0 Å². The van der Waals surface area contributed by atoms with E-state index in [1.807, 2.05) is 0 Å². The van der Waals surface area contributed by atoms with E-state index < -0.39 is 0 Å². The van der Waals surface area contributed by atoms with Crippen molar-refractivity contribution in [2.45, 2.75) is 31.6 Å². The van der Waals surface area contributed by atoms with Gasteiger partial charge in [0.25, 0.3) is 0 Å². The van der Waals surface area contributed by atoms with E-state index >= 15 is 0 Å². The van der Waals surface area contributed by atoms with E-state index in [9.17, 15) is 9.59 Å². The molecule has 1 unspecified atom stereocenters. The molecule has 0 saturated carbocycles. The van der Waals surface area contributed by atoms with Crippen LogP contribution in [0, 0.1) is 0 Å². The van der Waals surface area contributed by atoms with Gasteiger partial charge >= 0.3 is 0 Å². The Labute approximate surface area is 149 Å². The molecule has 3 saturated heterocycles. The van der Waals surface area contributed by atoms with Crippen molar-refractivity contribution in [2.24, 2.45) is 0 Å². The number of piperidine rings is 1. The molecule has 3 rings (SSSR count). The van der Waals surface area contributed by atoms with Crippen LogP contribution in [-0.4, -0.2) is 105 Å². The molecule has 8 nitrogen and oxygen atoms in total. The van der Waals surface area contributed by atoms with E-state index in [4.69, 9.17) is 14.2 Å². The van der Waals surface area contributed by atoms with E-state index in [2.05, 4.69) is 4.90 Å². The molecule has 142 valence electrons. The third kappa shape index (κ3) is 4.91. The fourth-order valence-corrected chi connectivity index (χ4v) is 3.62. The maximum absolute atomic E-state index is 12.6. The van der Waals surface area contributed by atoms with E-state index in [-0.39, 0.29) is 30.7 Å². The second-order valence-corrected chi connectivity index (χ2v) is 6.89. The Balaban J connectivity index is 1.49. The molecule has 0 aliphatic carbocycles. The van der Waals surface area contributed by atoms with Gasteiger partial charge in [0, 0.05) is 20.1 Å². The van der Waals surface area contributed by atoms with Crippen LogP contribution < -0.4 is 0 Å². The van der Waals surface area contributed by atoms with Crippen LogP contribution in [0.3, 0.4) is 0 Å². The minimum absolute atomic E-state index is 0.0168. The van der Waals surface area contributed by atoms with Gasteiger partial charge in [0.15, 0.2) is 6.29 Å². The molecule has 25 heavy (non-hydrogen) atoms. The number of likely N-dealkylation sites (tertiary alicyclic amines) is 1. The average Bonchev–Trinajstić information content (AvgIpc) is 3.17.